The molecule has 3 rings (SSSR count). The maximum atomic E-state index is 12.8. The number of amides is 1. The van der Waals surface area contributed by atoms with Gasteiger partial charge < -0.3 is 14.7 Å². The minimum absolute atomic E-state index is 0.0299. The lowest BCUT2D eigenvalue weighted by atomic mass is 9.92. The van der Waals surface area contributed by atoms with Crippen LogP contribution in [-0.2, 0) is 14.3 Å². The minimum Gasteiger partial charge on any atom is -0.469 e. The SMILES string of the molecule is COC(=O)C1CCN(C(=O)CN2CCCC[C@H]2[C@@H](O)c2ccccc2)CC1. The van der Waals surface area contributed by atoms with E-state index in [1.807, 2.05) is 35.2 Å². The van der Waals surface area contributed by atoms with Crippen molar-refractivity contribution in [2.45, 2.75) is 44.2 Å². The van der Waals surface area contributed by atoms with Crippen LogP contribution in [0, 0.1) is 5.92 Å². The van der Waals surface area contributed by atoms with Crippen molar-refractivity contribution < 1.29 is 19.4 Å². The molecular formula is C21H30N2O4. The number of carbonyl (C=O) groups is 2. The molecule has 0 spiro atoms. The summed E-state index contributed by atoms with van der Waals surface area (Å²) in [6.07, 6.45) is 3.76. The van der Waals surface area contributed by atoms with Crippen molar-refractivity contribution in [3.05, 3.63) is 35.9 Å². The Morgan fingerprint density at radius 2 is 1.81 bits per heavy atom. The largest absolute Gasteiger partial charge is 0.469 e. The second-order valence-electron chi connectivity index (χ2n) is 7.57. The van der Waals surface area contributed by atoms with Crippen LogP contribution in [0.15, 0.2) is 30.3 Å². The molecule has 2 heterocycles. The first kappa shape index (κ1) is 19.8. The number of aliphatic hydroxyl groups excluding tert-OH is 1. The molecule has 27 heavy (non-hydrogen) atoms. The summed E-state index contributed by atoms with van der Waals surface area (Å²) in [6, 6.07) is 9.66. The van der Waals surface area contributed by atoms with E-state index in [0.717, 1.165) is 31.4 Å². The van der Waals surface area contributed by atoms with Gasteiger partial charge in [0, 0.05) is 19.1 Å². The quantitative estimate of drug-likeness (QED) is 0.798. The lowest BCUT2D eigenvalue weighted by Gasteiger charge is -2.40. The van der Waals surface area contributed by atoms with Gasteiger partial charge in [-0.3, -0.25) is 14.5 Å². The van der Waals surface area contributed by atoms with Gasteiger partial charge in [0.25, 0.3) is 0 Å². The van der Waals surface area contributed by atoms with Crippen LogP contribution in [0.3, 0.4) is 0 Å². The molecule has 0 unspecified atom stereocenters. The van der Waals surface area contributed by atoms with Crippen LogP contribution in [0.4, 0.5) is 0 Å². The van der Waals surface area contributed by atoms with Crippen LogP contribution in [0.5, 0.6) is 0 Å². The lowest BCUT2D eigenvalue weighted by molar-refractivity contribution is -0.149. The first-order chi connectivity index (χ1) is 13.1. The van der Waals surface area contributed by atoms with Gasteiger partial charge in [0.2, 0.25) is 5.91 Å². The van der Waals surface area contributed by atoms with E-state index in [1.165, 1.54) is 7.11 Å². The number of nitrogens with zero attached hydrogens (tertiary/aromatic N) is 2. The van der Waals surface area contributed by atoms with Crippen molar-refractivity contribution in [2.75, 3.05) is 33.3 Å². The number of likely N-dealkylation sites (tertiary alicyclic amines) is 2. The van der Waals surface area contributed by atoms with Crippen molar-refractivity contribution in [1.82, 2.24) is 9.80 Å². The van der Waals surface area contributed by atoms with Crippen molar-refractivity contribution in [3.8, 4) is 0 Å². The molecule has 2 atom stereocenters. The predicted octanol–water partition coefficient (Wildman–Crippen LogP) is 1.99. The summed E-state index contributed by atoms with van der Waals surface area (Å²) < 4.78 is 4.81. The molecule has 6 heteroatoms. The molecule has 2 aliphatic heterocycles. The Morgan fingerprint density at radius 1 is 1.11 bits per heavy atom. The molecule has 2 aliphatic rings. The third-order valence-corrected chi connectivity index (χ3v) is 5.89. The molecule has 0 aliphatic carbocycles. The predicted molar refractivity (Wildman–Crippen MR) is 102 cm³/mol. The Hall–Kier alpha value is -1.92. The third kappa shape index (κ3) is 4.87. The zero-order valence-corrected chi connectivity index (χ0v) is 16.0. The average molecular weight is 374 g/mol. The number of esters is 1. The van der Waals surface area contributed by atoms with E-state index in [0.29, 0.717) is 32.5 Å². The maximum Gasteiger partial charge on any atom is 0.308 e. The van der Waals surface area contributed by atoms with Gasteiger partial charge in [0.1, 0.15) is 0 Å². The van der Waals surface area contributed by atoms with Gasteiger partial charge >= 0.3 is 5.97 Å². The lowest BCUT2D eigenvalue weighted by Crippen LogP contribution is -2.50. The van der Waals surface area contributed by atoms with E-state index in [-0.39, 0.29) is 23.8 Å². The Bertz CT molecular complexity index is 628. The second kappa shape index (κ2) is 9.33. The molecule has 0 radical (unpaired) electrons. The summed E-state index contributed by atoms with van der Waals surface area (Å²) in [6.45, 7) is 2.35. The number of carbonyl (C=O) groups excluding carboxylic acids is 2. The van der Waals surface area contributed by atoms with E-state index in [9.17, 15) is 14.7 Å². The molecule has 0 saturated carbocycles. The fraction of sp³-hybridized carbons (Fsp3) is 0.619. The molecule has 2 fully saturated rings. The van der Waals surface area contributed by atoms with Crippen LogP contribution in [0.25, 0.3) is 0 Å². The zero-order valence-electron chi connectivity index (χ0n) is 16.0. The number of piperidine rings is 2. The van der Waals surface area contributed by atoms with Crippen LogP contribution >= 0.6 is 0 Å². The minimum atomic E-state index is -0.579. The molecule has 148 valence electrons. The van der Waals surface area contributed by atoms with E-state index in [2.05, 4.69) is 4.90 Å². The highest BCUT2D eigenvalue weighted by Gasteiger charge is 2.33. The summed E-state index contributed by atoms with van der Waals surface area (Å²) in [4.78, 5) is 28.4. The second-order valence-corrected chi connectivity index (χ2v) is 7.57. The molecule has 1 aromatic carbocycles. The topological polar surface area (TPSA) is 70.1 Å². The highest BCUT2D eigenvalue weighted by Crippen LogP contribution is 2.29. The first-order valence-corrected chi connectivity index (χ1v) is 9.93. The number of benzene rings is 1. The van der Waals surface area contributed by atoms with Crippen LogP contribution in [0.1, 0.15) is 43.8 Å². The molecule has 1 amide bonds. The Morgan fingerprint density at radius 3 is 2.48 bits per heavy atom. The van der Waals surface area contributed by atoms with Crippen molar-refractivity contribution in [3.63, 3.8) is 0 Å². The molecular weight excluding hydrogens is 344 g/mol. The first-order valence-electron chi connectivity index (χ1n) is 9.93. The third-order valence-electron chi connectivity index (χ3n) is 5.89. The van der Waals surface area contributed by atoms with Gasteiger partial charge in [-0.2, -0.15) is 0 Å². The van der Waals surface area contributed by atoms with E-state index in [4.69, 9.17) is 4.74 Å². The average Bonchev–Trinajstić information content (AvgIpc) is 2.73. The van der Waals surface area contributed by atoms with Gasteiger partial charge in [-0.05, 0) is 37.8 Å². The van der Waals surface area contributed by atoms with Crippen molar-refractivity contribution in [1.29, 1.82) is 0 Å². The Kier molecular flexibility index (Phi) is 6.85. The maximum absolute atomic E-state index is 12.8. The van der Waals surface area contributed by atoms with Gasteiger partial charge in [-0.15, -0.1) is 0 Å². The van der Waals surface area contributed by atoms with Crippen LogP contribution in [0.2, 0.25) is 0 Å². The van der Waals surface area contributed by atoms with E-state index in [1.54, 1.807) is 0 Å². The summed E-state index contributed by atoms with van der Waals surface area (Å²) in [5.41, 5.74) is 0.903. The van der Waals surface area contributed by atoms with Gasteiger partial charge in [-0.1, -0.05) is 36.8 Å². The molecule has 2 saturated heterocycles. The van der Waals surface area contributed by atoms with Gasteiger partial charge in [-0.25, -0.2) is 0 Å². The van der Waals surface area contributed by atoms with Crippen LogP contribution < -0.4 is 0 Å². The highest BCUT2D eigenvalue weighted by atomic mass is 16.5. The molecule has 0 bridgehead atoms. The summed E-state index contributed by atoms with van der Waals surface area (Å²) in [5.74, 6) is -0.184. The van der Waals surface area contributed by atoms with E-state index < -0.39 is 6.10 Å². The summed E-state index contributed by atoms with van der Waals surface area (Å²) >= 11 is 0. The number of rotatable bonds is 5. The molecule has 1 N–H and O–H groups in total. The highest BCUT2D eigenvalue weighted by molar-refractivity contribution is 5.79. The molecule has 1 aromatic rings. The van der Waals surface area contributed by atoms with Crippen molar-refractivity contribution in [2.24, 2.45) is 5.92 Å². The van der Waals surface area contributed by atoms with E-state index >= 15 is 0 Å². The number of ether oxygens (including phenoxy) is 1. The summed E-state index contributed by atoms with van der Waals surface area (Å²) in [7, 11) is 1.41. The fourth-order valence-corrected chi connectivity index (χ4v) is 4.25. The number of aliphatic hydroxyl groups is 1. The van der Waals surface area contributed by atoms with Gasteiger partial charge in [0.15, 0.2) is 0 Å². The monoisotopic (exact) mass is 374 g/mol. The Balaban J connectivity index is 1.58. The Labute approximate surface area is 161 Å². The fourth-order valence-electron chi connectivity index (χ4n) is 4.25. The number of hydrogen-bond donors (Lipinski definition) is 1. The van der Waals surface area contributed by atoms with Gasteiger partial charge in [0.05, 0.1) is 25.7 Å². The zero-order chi connectivity index (χ0) is 19.2. The smallest absolute Gasteiger partial charge is 0.308 e. The van der Waals surface area contributed by atoms with Crippen LogP contribution in [-0.4, -0.2) is 66.1 Å². The summed E-state index contributed by atoms with van der Waals surface area (Å²) in [5, 5.41) is 10.8. The number of methoxy groups -OCH3 is 1. The molecule has 0 aromatic heterocycles. The van der Waals surface area contributed by atoms with Crippen molar-refractivity contribution >= 4 is 11.9 Å². The normalized spacial score (nSPS) is 23.0. The molecule has 6 nitrogen and oxygen atoms in total. The number of hydrogen-bond acceptors (Lipinski definition) is 5. The standard InChI is InChI=1S/C21H30N2O4/c1-27-21(26)17-10-13-22(14-11-17)19(24)15-23-12-6-5-9-18(23)20(25)16-7-3-2-4-8-16/h2-4,7-8,17-18,20,25H,5-6,9-15H2,1H3/t18-,20-/m0/s1.